The van der Waals surface area contributed by atoms with E-state index < -0.39 is 0 Å². The Balaban J connectivity index is 1.92. The molecule has 3 aromatic rings. The maximum atomic E-state index is 12.4. The number of rotatable bonds is 3. The number of benzene rings is 2. The Morgan fingerprint density at radius 1 is 1.14 bits per heavy atom. The zero-order chi connectivity index (χ0) is 15.7. The van der Waals surface area contributed by atoms with Crippen LogP contribution in [0.4, 0.5) is 5.69 Å². The number of hydrogen-bond acceptors (Lipinski definition) is 2. The maximum absolute atomic E-state index is 12.4. The summed E-state index contributed by atoms with van der Waals surface area (Å²) in [5.41, 5.74) is 2.62. The Morgan fingerprint density at radius 2 is 1.91 bits per heavy atom. The zero-order valence-electron chi connectivity index (χ0n) is 12.4. The molecule has 0 bridgehead atoms. The first-order valence-electron chi connectivity index (χ1n) is 7.14. The number of hydrogen-bond donors (Lipinski definition) is 1. The van der Waals surface area contributed by atoms with Gasteiger partial charge >= 0.3 is 0 Å². The van der Waals surface area contributed by atoms with E-state index in [2.05, 4.69) is 35.1 Å². The van der Waals surface area contributed by atoms with Crippen molar-refractivity contribution in [3.8, 4) is 0 Å². The Morgan fingerprint density at radius 3 is 2.64 bits per heavy atom. The van der Waals surface area contributed by atoms with Gasteiger partial charge < -0.3 is 9.73 Å². The van der Waals surface area contributed by atoms with E-state index in [0.29, 0.717) is 17.3 Å². The molecule has 0 aliphatic carbocycles. The molecule has 2 aromatic carbocycles. The van der Waals surface area contributed by atoms with Crippen LogP contribution in [0.5, 0.6) is 0 Å². The standard InChI is InChI=1S/C18H16BrNO2/c1-11(2)12-6-3-4-8-15(12)20-18(21)17-10-13-14(19)7-5-9-16(13)22-17/h3-11H,1-2H3,(H,20,21). The van der Waals surface area contributed by atoms with Crippen LogP contribution >= 0.6 is 15.9 Å². The van der Waals surface area contributed by atoms with Crippen molar-refractivity contribution in [3.63, 3.8) is 0 Å². The Hall–Kier alpha value is -2.07. The lowest BCUT2D eigenvalue weighted by Crippen LogP contribution is -2.12. The van der Waals surface area contributed by atoms with Gasteiger partial charge in [0, 0.05) is 15.5 Å². The van der Waals surface area contributed by atoms with Gasteiger partial charge in [-0.2, -0.15) is 0 Å². The third-order valence-electron chi connectivity index (χ3n) is 3.56. The van der Waals surface area contributed by atoms with Crippen LogP contribution < -0.4 is 5.32 Å². The highest BCUT2D eigenvalue weighted by molar-refractivity contribution is 9.10. The number of carbonyl (C=O) groups excluding carboxylic acids is 1. The van der Waals surface area contributed by atoms with Crippen LogP contribution in [0.3, 0.4) is 0 Å². The second-order valence-electron chi connectivity index (χ2n) is 5.46. The summed E-state index contributed by atoms with van der Waals surface area (Å²) in [6.07, 6.45) is 0. The molecule has 1 heterocycles. The molecule has 0 fully saturated rings. The molecule has 1 N–H and O–H groups in total. The van der Waals surface area contributed by atoms with Gasteiger partial charge in [0.1, 0.15) is 5.58 Å². The first kappa shape index (κ1) is 14.9. The topological polar surface area (TPSA) is 42.2 Å². The van der Waals surface area contributed by atoms with Gasteiger partial charge in [-0.15, -0.1) is 0 Å². The summed E-state index contributed by atoms with van der Waals surface area (Å²) in [6.45, 7) is 4.20. The molecule has 22 heavy (non-hydrogen) atoms. The van der Waals surface area contributed by atoms with Crippen molar-refractivity contribution in [1.82, 2.24) is 0 Å². The lowest BCUT2D eigenvalue weighted by molar-refractivity contribution is 0.0998. The Bertz CT molecular complexity index is 836. The van der Waals surface area contributed by atoms with E-state index in [4.69, 9.17) is 4.42 Å². The summed E-state index contributed by atoms with van der Waals surface area (Å²) in [6, 6.07) is 15.2. The van der Waals surface area contributed by atoms with Crippen LogP contribution in [0.1, 0.15) is 35.9 Å². The number of anilines is 1. The van der Waals surface area contributed by atoms with E-state index in [0.717, 1.165) is 21.1 Å². The second-order valence-corrected chi connectivity index (χ2v) is 6.31. The lowest BCUT2D eigenvalue weighted by atomic mass is 10.0. The van der Waals surface area contributed by atoms with Crippen LogP contribution in [0, 0.1) is 0 Å². The monoisotopic (exact) mass is 357 g/mol. The van der Waals surface area contributed by atoms with Gasteiger partial charge in [0.2, 0.25) is 0 Å². The number of nitrogens with one attached hydrogen (secondary N) is 1. The number of para-hydroxylation sites is 1. The fraction of sp³-hybridized carbons (Fsp3) is 0.167. The normalized spacial score (nSPS) is 11.1. The number of carbonyl (C=O) groups is 1. The van der Waals surface area contributed by atoms with Crippen molar-refractivity contribution >= 4 is 38.5 Å². The van der Waals surface area contributed by atoms with Gasteiger partial charge in [-0.05, 0) is 35.7 Å². The van der Waals surface area contributed by atoms with Crippen LogP contribution in [-0.4, -0.2) is 5.91 Å². The highest BCUT2D eigenvalue weighted by Crippen LogP contribution is 2.28. The highest BCUT2D eigenvalue weighted by Gasteiger charge is 2.15. The van der Waals surface area contributed by atoms with Crippen molar-refractivity contribution in [2.75, 3.05) is 5.32 Å². The fourth-order valence-corrected chi connectivity index (χ4v) is 2.90. The third-order valence-corrected chi connectivity index (χ3v) is 4.25. The highest BCUT2D eigenvalue weighted by atomic mass is 79.9. The largest absolute Gasteiger partial charge is 0.451 e. The van der Waals surface area contributed by atoms with Crippen LogP contribution in [-0.2, 0) is 0 Å². The van der Waals surface area contributed by atoms with E-state index in [9.17, 15) is 4.79 Å². The van der Waals surface area contributed by atoms with Crippen molar-refractivity contribution in [2.24, 2.45) is 0 Å². The van der Waals surface area contributed by atoms with E-state index in [-0.39, 0.29) is 5.91 Å². The van der Waals surface area contributed by atoms with Crippen LogP contribution in [0.25, 0.3) is 11.0 Å². The van der Waals surface area contributed by atoms with Gasteiger partial charge in [0.05, 0.1) is 0 Å². The third kappa shape index (κ3) is 2.79. The van der Waals surface area contributed by atoms with Crippen LogP contribution in [0.2, 0.25) is 0 Å². The predicted molar refractivity (Wildman–Crippen MR) is 92.4 cm³/mol. The molecule has 0 atom stereocenters. The van der Waals surface area contributed by atoms with E-state index in [1.807, 2.05) is 42.5 Å². The van der Waals surface area contributed by atoms with Gasteiger partial charge in [-0.3, -0.25) is 4.79 Å². The molecule has 3 rings (SSSR count). The molecule has 0 unspecified atom stereocenters. The molecule has 1 aromatic heterocycles. The molecular formula is C18H16BrNO2. The molecule has 3 nitrogen and oxygen atoms in total. The van der Waals surface area contributed by atoms with Crippen LogP contribution in [0.15, 0.2) is 57.4 Å². The Labute approximate surface area is 137 Å². The quantitative estimate of drug-likeness (QED) is 0.665. The molecule has 0 saturated heterocycles. The Kier molecular flexibility index (Phi) is 4.03. The molecule has 0 aliphatic rings. The predicted octanol–water partition coefficient (Wildman–Crippen LogP) is 5.57. The van der Waals surface area contributed by atoms with Gasteiger partial charge in [-0.1, -0.05) is 54.0 Å². The van der Waals surface area contributed by atoms with E-state index >= 15 is 0 Å². The summed E-state index contributed by atoms with van der Waals surface area (Å²) in [7, 11) is 0. The van der Waals surface area contributed by atoms with Gasteiger partial charge in [0.25, 0.3) is 5.91 Å². The minimum atomic E-state index is -0.240. The summed E-state index contributed by atoms with van der Waals surface area (Å²) >= 11 is 3.47. The summed E-state index contributed by atoms with van der Waals surface area (Å²) in [5, 5.41) is 3.83. The minimum Gasteiger partial charge on any atom is -0.451 e. The number of fused-ring (bicyclic) bond motifs is 1. The molecule has 0 saturated carbocycles. The average Bonchev–Trinajstić information content (AvgIpc) is 2.93. The molecule has 0 spiro atoms. The molecule has 1 amide bonds. The van der Waals surface area contributed by atoms with E-state index in [1.54, 1.807) is 6.07 Å². The SMILES string of the molecule is CC(C)c1ccccc1NC(=O)c1cc2c(Br)cccc2o1. The fourth-order valence-electron chi connectivity index (χ4n) is 2.44. The van der Waals surface area contributed by atoms with Crippen molar-refractivity contribution in [2.45, 2.75) is 19.8 Å². The average molecular weight is 358 g/mol. The first-order valence-corrected chi connectivity index (χ1v) is 7.94. The molecule has 0 radical (unpaired) electrons. The maximum Gasteiger partial charge on any atom is 0.291 e. The first-order chi connectivity index (χ1) is 10.6. The van der Waals surface area contributed by atoms with Crippen molar-refractivity contribution < 1.29 is 9.21 Å². The van der Waals surface area contributed by atoms with Crippen molar-refractivity contribution in [1.29, 1.82) is 0 Å². The number of halogens is 1. The summed E-state index contributed by atoms with van der Waals surface area (Å²) < 4.78 is 6.55. The second kappa shape index (κ2) is 5.97. The number of amides is 1. The number of furan rings is 1. The molecule has 4 heteroatoms. The smallest absolute Gasteiger partial charge is 0.291 e. The zero-order valence-corrected chi connectivity index (χ0v) is 14.0. The van der Waals surface area contributed by atoms with Gasteiger partial charge in [-0.25, -0.2) is 0 Å². The molecular weight excluding hydrogens is 342 g/mol. The summed E-state index contributed by atoms with van der Waals surface area (Å²) in [5.74, 6) is 0.401. The van der Waals surface area contributed by atoms with E-state index in [1.165, 1.54) is 0 Å². The van der Waals surface area contributed by atoms with Crippen molar-refractivity contribution in [3.05, 3.63) is 64.3 Å². The lowest BCUT2D eigenvalue weighted by Gasteiger charge is -2.12. The molecule has 112 valence electrons. The molecule has 0 aliphatic heterocycles. The van der Waals surface area contributed by atoms with Gasteiger partial charge in [0.15, 0.2) is 5.76 Å². The minimum absolute atomic E-state index is 0.240. The summed E-state index contributed by atoms with van der Waals surface area (Å²) in [4.78, 5) is 12.4.